The van der Waals surface area contributed by atoms with Crippen molar-refractivity contribution in [1.82, 2.24) is 4.57 Å². The molecule has 0 N–H and O–H groups in total. The van der Waals surface area contributed by atoms with E-state index in [1.165, 1.54) is 91.7 Å². The zero-order chi connectivity index (χ0) is 47.0. The van der Waals surface area contributed by atoms with E-state index >= 15 is 0 Å². The van der Waals surface area contributed by atoms with Crippen molar-refractivity contribution in [3.8, 4) is 39.1 Å². The van der Waals surface area contributed by atoms with Crippen LogP contribution in [0.25, 0.3) is 91.8 Å². The normalized spacial score (nSPS) is 12.2. The number of para-hydroxylation sites is 3. The first kappa shape index (κ1) is 42.6. The van der Waals surface area contributed by atoms with Gasteiger partial charge in [-0.15, -0.1) is 11.3 Å². The second-order valence-electron chi connectivity index (χ2n) is 20.6. The van der Waals surface area contributed by atoms with Gasteiger partial charge < -0.3 is 9.47 Å². The lowest BCUT2D eigenvalue weighted by molar-refractivity contribution is 0.569. The first-order valence-corrected chi connectivity index (χ1v) is 25.0. The van der Waals surface area contributed by atoms with Crippen LogP contribution >= 0.6 is 11.3 Å². The first-order valence-electron chi connectivity index (χ1n) is 24.2. The van der Waals surface area contributed by atoms with E-state index in [2.05, 4.69) is 269 Å². The lowest BCUT2D eigenvalue weighted by Crippen LogP contribution is -2.16. The van der Waals surface area contributed by atoms with Gasteiger partial charge in [-0.25, -0.2) is 0 Å². The number of rotatable bonds is 7. The Balaban J connectivity index is 1.10. The van der Waals surface area contributed by atoms with Crippen molar-refractivity contribution >= 4 is 81.1 Å². The van der Waals surface area contributed by atoms with E-state index in [4.69, 9.17) is 0 Å². The molecule has 2 nitrogen and oxygen atoms in total. The van der Waals surface area contributed by atoms with Crippen molar-refractivity contribution < 1.29 is 0 Å². The van der Waals surface area contributed by atoms with Crippen LogP contribution in [0.15, 0.2) is 218 Å². The summed E-state index contributed by atoms with van der Waals surface area (Å²) in [6.07, 6.45) is 0. The van der Waals surface area contributed by atoms with E-state index in [-0.39, 0.29) is 10.8 Å². The molecule has 0 aliphatic rings. The summed E-state index contributed by atoms with van der Waals surface area (Å²) in [6, 6.07) is 81.3. The Morgan fingerprint density at radius 3 is 1.68 bits per heavy atom. The Kier molecular flexibility index (Phi) is 10.2. The molecular weight excluding hydrogens is 853 g/mol. The predicted molar refractivity (Wildman–Crippen MR) is 300 cm³/mol. The highest BCUT2D eigenvalue weighted by atomic mass is 32.1. The zero-order valence-electron chi connectivity index (χ0n) is 40.1. The smallest absolute Gasteiger partial charge is 0.0561 e. The molecule has 334 valence electrons. The Morgan fingerprint density at radius 2 is 0.942 bits per heavy atom. The van der Waals surface area contributed by atoms with Crippen LogP contribution in [0.2, 0.25) is 0 Å². The standard InChI is InChI=1S/C66H54N2S/c1-65(2,3)46-39-45(40-47(41-46)66(4,5)6)52-26-16-19-44-20-17-28-56(63(44)52)54-24-11-13-29-58(54)67(49-35-33-43(34-36-49)51-27-18-32-62-64(51)57-25-12-15-31-61(57)69-62)50-37-38-55-53-23-10-14-30-59(53)68(60(55)42-50)48-21-8-7-9-22-48/h7-42H,1-6H3. The molecule has 0 saturated heterocycles. The van der Waals surface area contributed by atoms with Gasteiger partial charge in [-0.3, -0.25) is 0 Å². The molecule has 0 bridgehead atoms. The highest BCUT2D eigenvalue weighted by molar-refractivity contribution is 7.25. The predicted octanol–water partition coefficient (Wildman–Crippen LogP) is 19.4. The van der Waals surface area contributed by atoms with Crippen LogP contribution in [-0.2, 0) is 10.8 Å². The van der Waals surface area contributed by atoms with Crippen LogP contribution in [0.5, 0.6) is 0 Å². The third kappa shape index (κ3) is 7.41. The zero-order valence-corrected chi connectivity index (χ0v) is 40.9. The minimum atomic E-state index is -0.0105. The number of hydrogen-bond acceptors (Lipinski definition) is 2. The minimum absolute atomic E-state index is 0.0105. The molecule has 0 fully saturated rings. The molecule has 0 amide bonds. The fourth-order valence-corrected chi connectivity index (χ4v) is 11.7. The molecule has 0 aliphatic heterocycles. The van der Waals surface area contributed by atoms with Crippen LogP contribution < -0.4 is 4.90 Å². The molecule has 0 aliphatic carbocycles. The topological polar surface area (TPSA) is 8.17 Å². The number of fused-ring (bicyclic) bond motifs is 7. The lowest BCUT2D eigenvalue weighted by Gasteiger charge is -2.29. The van der Waals surface area contributed by atoms with Crippen molar-refractivity contribution in [2.45, 2.75) is 52.4 Å². The molecule has 2 aromatic heterocycles. The number of aromatic nitrogens is 1. The fraction of sp³-hybridized carbons (Fsp3) is 0.121. The van der Waals surface area contributed by atoms with Crippen molar-refractivity contribution in [2.24, 2.45) is 0 Å². The molecule has 0 unspecified atom stereocenters. The molecule has 0 saturated carbocycles. The van der Waals surface area contributed by atoms with Gasteiger partial charge in [0.1, 0.15) is 0 Å². The van der Waals surface area contributed by atoms with Crippen molar-refractivity contribution in [3.05, 3.63) is 230 Å². The van der Waals surface area contributed by atoms with Gasteiger partial charge in [0.25, 0.3) is 0 Å². The molecule has 10 aromatic carbocycles. The third-order valence-corrected chi connectivity index (χ3v) is 15.2. The SMILES string of the molecule is CC(C)(C)c1cc(-c2cccc3cccc(-c4ccccc4N(c4ccc(-c5cccc6sc7ccccc7c56)cc4)c4ccc5c6ccccc6n(-c6ccccc6)c5c4)c23)cc(C(C)(C)C)c1. The van der Waals surface area contributed by atoms with Crippen LogP contribution in [0.1, 0.15) is 52.7 Å². The summed E-state index contributed by atoms with van der Waals surface area (Å²) >= 11 is 1.87. The van der Waals surface area contributed by atoms with E-state index in [0.29, 0.717) is 0 Å². The largest absolute Gasteiger partial charge is 0.310 e. The molecule has 12 rings (SSSR count). The maximum atomic E-state index is 2.48. The Hall–Kier alpha value is -7.72. The highest BCUT2D eigenvalue weighted by Crippen LogP contribution is 2.48. The third-order valence-electron chi connectivity index (χ3n) is 14.1. The average molecular weight is 907 g/mol. The van der Waals surface area contributed by atoms with Crippen LogP contribution in [0, 0.1) is 0 Å². The van der Waals surface area contributed by atoms with Crippen LogP contribution in [0.3, 0.4) is 0 Å². The van der Waals surface area contributed by atoms with Gasteiger partial charge in [0, 0.05) is 53.6 Å². The Labute approximate surface area is 409 Å². The van der Waals surface area contributed by atoms with Gasteiger partial charge in [-0.1, -0.05) is 199 Å². The second-order valence-corrected chi connectivity index (χ2v) is 21.7. The summed E-state index contributed by atoms with van der Waals surface area (Å²) in [5.41, 5.74) is 16.8. The fourth-order valence-electron chi connectivity index (χ4n) is 10.5. The lowest BCUT2D eigenvalue weighted by atomic mass is 9.78. The van der Waals surface area contributed by atoms with Crippen molar-refractivity contribution in [2.75, 3.05) is 4.90 Å². The average Bonchev–Trinajstić information content (AvgIpc) is 3.92. The Bertz CT molecular complexity index is 3870. The summed E-state index contributed by atoms with van der Waals surface area (Å²) in [5, 5.41) is 7.57. The first-order chi connectivity index (χ1) is 33.5. The van der Waals surface area contributed by atoms with Crippen LogP contribution in [0.4, 0.5) is 17.1 Å². The van der Waals surface area contributed by atoms with Gasteiger partial charge in [0.2, 0.25) is 0 Å². The van der Waals surface area contributed by atoms with Crippen molar-refractivity contribution in [3.63, 3.8) is 0 Å². The van der Waals surface area contributed by atoms with Gasteiger partial charge in [0.15, 0.2) is 0 Å². The van der Waals surface area contributed by atoms with E-state index < -0.39 is 0 Å². The quantitative estimate of drug-likeness (QED) is 0.155. The molecule has 12 aromatic rings. The van der Waals surface area contributed by atoms with Gasteiger partial charge in [-0.05, 0) is 121 Å². The highest BCUT2D eigenvalue weighted by Gasteiger charge is 2.25. The Morgan fingerprint density at radius 1 is 0.377 bits per heavy atom. The van der Waals surface area contributed by atoms with Crippen LogP contribution in [-0.4, -0.2) is 4.57 Å². The molecule has 0 radical (unpaired) electrons. The minimum Gasteiger partial charge on any atom is -0.310 e. The number of thiophene rings is 1. The van der Waals surface area contributed by atoms with E-state index in [9.17, 15) is 0 Å². The molecule has 69 heavy (non-hydrogen) atoms. The van der Waals surface area contributed by atoms with Crippen molar-refractivity contribution in [1.29, 1.82) is 0 Å². The maximum Gasteiger partial charge on any atom is 0.0561 e. The van der Waals surface area contributed by atoms with E-state index in [1.807, 2.05) is 11.3 Å². The van der Waals surface area contributed by atoms with Gasteiger partial charge in [-0.2, -0.15) is 0 Å². The monoisotopic (exact) mass is 906 g/mol. The van der Waals surface area contributed by atoms with E-state index in [1.54, 1.807) is 0 Å². The summed E-state index contributed by atoms with van der Waals surface area (Å²) < 4.78 is 5.04. The molecule has 3 heteroatoms. The number of nitrogens with zero attached hydrogens (tertiary/aromatic N) is 2. The molecule has 0 atom stereocenters. The van der Waals surface area contributed by atoms with Gasteiger partial charge >= 0.3 is 0 Å². The number of benzene rings is 10. The molecule has 2 heterocycles. The van der Waals surface area contributed by atoms with E-state index in [0.717, 1.165) is 28.3 Å². The number of hydrogen-bond donors (Lipinski definition) is 0. The summed E-state index contributed by atoms with van der Waals surface area (Å²) in [4.78, 5) is 2.48. The summed E-state index contributed by atoms with van der Waals surface area (Å²) in [5.74, 6) is 0. The van der Waals surface area contributed by atoms with Gasteiger partial charge in [0.05, 0.1) is 16.7 Å². The second kappa shape index (κ2) is 16.5. The molecular formula is C66H54N2S. The molecule has 0 spiro atoms. The summed E-state index contributed by atoms with van der Waals surface area (Å²) in [7, 11) is 0. The number of anilines is 3. The summed E-state index contributed by atoms with van der Waals surface area (Å²) in [6.45, 7) is 14.0. The maximum absolute atomic E-state index is 2.48.